The summed E-state index contributed by atoms with van der Waals surface area (Å²) in [7, 11) is -4.23. The first-order valence-corrected chi connectivity index (χ1v) is 12.2. The number of sulfonamides is 1. The Morgan fingerprint density at radius 2 is 1.65 bits per heavy atom. The molecule has 0 aromatic heterocycles. The molecule has 34 heavy (non-hydrogen) atoms. The Morgan fingerprint density at radius 3 is 2.41 bits per heavy atom. The van der Waals surface area contributed by atoms with Crippen molar-refractivity contribution >= 4 is 27.6 Å². The number of hydrogen-bond acceptors (Lipinski definition) is 5. The highest BCUT2D eigenvalue weighted by Crippen LogP contribution is 2.29. The largest absolute Gasteiger partial charge is 0.454 e. The van der Waals surface area contributed by atoms with E-state index in [0.29, 0.717) is 12.1 Å². The van der Waals surface area contributed by atoms with Crippen LogP contribution in [0.2, 0.25) is 0 Å². The van der Waals surface area contributed by atoms with Gasteiger partial charge in [-0.3, -0.25) is 9.59 Å². The molecule has 0 unspecified atom stereocenters. The SMILES string of the molecule is O=C(COC(=O)[C@@H]1CCCN1S(=O)(=O)c1ccccc1F)Nc1ccccc1-c1ccccc1. The fourth-order valence-corrected chi connectivity index (χ4v) is 5.64. The molecule has 1 aliphatic heterocycles. The normalized spacial score (nSPS) is 16.2. The molecule has 9 heteroatoms. The minimum Gasteiger partial charge on any atom is -0.454 e. The van der Waals surface area contributed by atoms with E-state index in [4.69, 9.17) is 4.74 Å². The highest BCUT2D eigenvalue weighted by molar-refractivity contribution is 7.89. The Morgan fingerprint density at radius 1 is 0.971 bits per heavy atom. The lowest BCUT2D eigenvalue weighted by Gasteiger charge is -2.23. The van der Waals surface area contributed by atoms with Crippen molar-refractivity contribution in [2.24, 2.45) is 0 Å². The number of nitrogens with zero attached hydrogens (tertiary/aromatic N) is 1. The van der Waals surface area contributed by atoms with Gasteiger partial charge in [0.25, 0.3) is 5.91 Å². The molecular formula is C25H23FN2O5S. The van der Waals surface area contributed by atoms with Gasteiger partial charge in [-0.15, -0.1) is 0 Å². The maximum absolute atomic E-state index is 14.1. The molecule has 0 saturated carbocycles. The molecule has 0 aliphatic carbocycles. The smallest absolute Gasteiger partial charge is 0.324 e. The van der Waals surface area contributed by atoms with Crippen molar-refractivity contribution in [2.45, 2.75) is 23.8 Å². The second kappa shape index (κ2) is 10.1. The lowest BCUT2D eigenvalue weighted by Crippen LogP contribution is -2.42. The van der Waals surface area contributed by atoms with Gasteiger partial charge in [0.05, 0.1) is 0 Å². The molecule has 0 bridgehead atoms. The molecule has 1 amide bonds. The molecule has 176 valence electrons. The van der Waals surface area contributed by atoms with Gasteiger partial charge in [-0.1, -0.05) is 60.7 Å². The zero-order valence-electron chi connectivity index (χ0n) is 18.2. The van der Waals surface area contributed by atoms with Crippen molar-refractivity contribution in [3.05, 3.63) is 84.7 Å². The summed E-state index contributed by atoms with van der Waals surface area (Å²) in [6.45, 7) is -0.515. The lowest BCUT2D eigenvalue weighted by atomic mass is 10.0. The molecule has 1 atom stereocenters. The molecule has 1 heterocycles. The topological polar surface area (TPSA) is 92.8 Å². The molecule has 1 fully saturated rings. The number of hydrogen-bond donors (Lipinski definition) is 1. The molecule has 7 nitrogen and oxygen atoms in total. The number of amides is 1. The van der Waals surface area contributed by atoms with Gasteiger partial charge in [0.2, 0.25) is 10.0 Å². The maximum Gasteiger partial charge on any atom is 0.324 e. The fourth-order valence-electron chi connectivity index (χ4n) is 3.92. The number of carbonyl (C=O) groups excluding carboxylic acids is 2. The van der Waals surface area contributed by atoms with Crippen molar-refractivity contribution in [2.75, 3.05) is 18.5 Å². The van der Waals surface area contributed by atoms with Gasteiger partial charge in [-0.25, -0.2) is 12.8 Å². The first-order valence-electron chi connectivity index (χ1n) is 10.8. The maximum atomic E-state index is 14.1. The van der Waals surface area contributed by atoms with Crippen LogP contribution in [0.15, 0.2) is 83.8 Å². The minimum absolute atomic E-state index is 0.0626. The fraction of sp³-hybridized carbons (Fsp3) is 0.200. The van der Waals surface area contributed by atoms with Crippen LogP contribution in [0.4, 0.5) is 10.1 Å². The summed E-state index contributed by atoms with van der Waals surface area (Å²) in [5, 5.41) is 2.73. The Hall–Kier alpha value is -3.56. The number of ether oxygens (including phenoxy) is 1. The predicted molar refractivity (Wildman–Crippen MR) is 125 cm³/mol. The van der Waals surface area contributed by atoms with E-state index in [0.717, 1.165) is 27.6 Å². The number of benzene rings is 3. The van der Waals surface area contributed by atoms with Crippen LogP contribution in [0.3, 0.4) is 0 Å². The zero-order chi connectivity index (χ0) is 24.1. The average molecular weight is 483 g/mol. The second-order valence-corrected chi connectivity index (χ2v) is 9.63. The third-order valence-corrected chi connectivity index (χ3v) is 7.47. The van der Waals surface area contributed by atoms with E-state index in [1.165, 1.54) is 12.1 Å². The number of rotatable bonds is 7. The van der Waals surface area contributed by atoms with E-state index in [9.17, 15) is 22.4 Å². The summed E-state index contributed by atoms with van der Waals surface area (Å²) in [4.78, 5) is 24.7. The Kier molecular flexibility index (Phi) is 7.04. The van der Waals surface area contributed by atoms with Crippen molar-refractivity contribution in [1.82, 2.24) is 4.31 Å². The van der Waals surface area contributed by atoms with Crippen LogP contribution in [-0.4, -0.2) is 43.8 Å². The summed E-state index contributed by atoms with van der Waals surface area (Å²) in [6.07, 6.45) is 0.648. The van der Waals surface area contributed by atoms with Crippen LogP contribution in [0.25, 0.3) is 11.1 Å². The quantitative estimate of drug-likeness (QED) is 0.517. The van der Waals surface area contributed by atoms with Crippen molar-refractivity contribution in [1.29, 1.82) is 0 Å². The van der Waals surface area contributed by atoms with Crippen LogP contribution in [-0.2, 0) is 24.3 Å². The van der Waals surface area contributed by atoms with Crippen molar-refractivity contribution in [3.8, 4) is 11.1 Å². The Labute approximate surface area is 197 Å². The molecular weight excluding hydrogens is 459 g/mol. The first-order chi connectivity index (χ1) is 16.4. The monoisotopic (exact) mass is 482 g/mol. The van der Waals surface area contributed by atoms with E-state index in [2.05, 4.69) is 5.32 Å². The molecule has 3 aromatic carbocycles. The van der Waals surface area contributed by atoms with E-state index in [1.807, 2.05) is 42.5 Å². The van der Waals surface area contributed by atoms with Crippen LogP contribution in [0.1, 0.15) is 12.8 Å². The third kappa shape index (κ3) is 5.00. The van der Waals surface area contributed by atoms with Gasteiger partial charge in [-0.05, 0) is 36.6 Å². The number of halogens is 1. The minimum atomic E-state index is -4.23. The van der Waals surface area contributed by atoms with Crippen LogP contribution in [0.5, 0.6) is 0 Å². The second-order valence-electron chi connectivity index (χ2n) is 7.77. The van der Waals surface area contributed by atoms with Crippen LogP contribution in [0, 0.1) is 5.82 Å². The molecule has 1 saturated heterocycles. The number of nitrogens with one attached hydrogen (secondary N) is 1. The predicted octanol–water partition coefficient (Wildman–Crippen LogP) is 3.83. The van der Waals surface area contributed by atoms with Gasteiger partial charge in [0.15, 0.2) is 6.61 Å². The highest BCUT2D eigenvalue weighted by atomic mass is 32.2. The molecule has 0 spiro atoms. The molecule has 1 aliphatic rings. The van der Waals surface area contributed by atoms with Crippen LogP contribution < -0.4 is 5.32 Å². The standard InChI is InChI=1S/C25H23FN2O5S/c26-20-12-5-7-15-23(20)34(31,32)28-16-8-14-22(28)25(30)33-17-24(29)27-21-13-6-4-11-19(21)18-9-2-1-3-10-18/h1-7,9-13,15,22H,8,14,16-17H2,(H,27,29)/t22-/m0/s1. The number of para-hydroxylation sites is 1. The number of anilines is 1. The number of carbonyl (C=O) groups is 2. The molecule has 3 aromatic rings. The third-order valence-electron chi connectivity index (χ3n) is 5.53. The molecule has 0 radical (unpaired) electrons. The van der Waals surface area contributed by atoms with Gasteiger partial charge >= 0.3 is 5.97 Å². The van der Waals surface area contributed by atoms with E-state index < -0.39 is 45.3 Å². The average Bonchev–Trinajstić information content (AvgIpc) is 3.35. The lowest BCUT2D eigenvalue weighted by molar-refractivity contribution is -0.150. The summed E-state index contributed by atoms with van der Waals surface area (Å²) >= 11 is 0. The summed E-state index contributed by atoms with van der Waals surface area (Å²) in [5.41, 5.74) is 2.27. The van der Waals surface area contributed by atoms with E-state index in [1.54, 1.807) is 12.1 Å². The summed E-state index contributed by atoms with van der Waals surface area (Å²) in [5.74, 6) is -2.29. The summed E-state index contributed by atoms with van der Waals surface area (Å²) < 4.78 is 46.0. The van der Waals surface area contributed by atoms with E-state index >= 15 is 0 Å². The Bertz CT molecular complexity index is 1300. The van der Waals surface area contributed by atoms with Gasteiger partial charge < -0.3 is 10.1 Å². The summed E-state index contributed by atoms with van der Waals surface area (Å²) in [6, 6.07) is 20.6. The van der Waals surface area contributed by atoms with Gasteiger partial charge in [-0.2, -0.15) is 4.31 Å². The van der Waals surface area contributed by atoms with E-state index in [-0.39, 0.29) is 13.0 Å². The molecule has 4 rings (SSSR count). The zero-order valence-corrected chi connectivity index (χ0v) is 19.0. The number of esters is 1. The van der Waals surface area contributed by atoms with Gasteiger partial charge in [0.1, 0.15) is 16.8 Å². The van der Waals surface area contributed by atoms with Crippen molar-refractivity contribution in [3.63, 3.8) is 0 Å². The van der Waals surface area contributed by atoms with Gasteiger partial charge in [0, 0.05) is 17.8 Å². The Balaban J connectivity index is 1.41. The first kappa shape index (κ1) is 23.6. The van der Waals surface area contributed by atoms with Crippen LogP contribution >= 0.6 is 0 Å². The van der Waals surface area contributed by atoms with Crippen molar-refractivity contribution < 1.29 is 27.1 Å². The highest BCUT2D eigenvalue weighted by Gasteiger charge is 2.41. The molecule has 1 N–H and O–H groups in total.